The summed E-state index contributed by atoms with van der Waals surface area (Å²) in [4.78, 5) is 11.7. The van der Waals surface area contributed by atoms with E-state index in [9.17, 15) is 4.79 Å². The Kier molecular flexibility index (Phi) is 3.19. The molecule has 0 saturated heterocycles. The largest absolute Gasteiger partial charge is 0.327 e. The highest BCUT2D eigenvalue weighted by Crippen LogP contribution is 2.16. The topological polar surface area (TPSA) is 43.1 Å². The van der Waals surface area contributed by atoms with E-state index in [1.165, 1.54) is 11.3 Å². The molecule has 1 aromatic heterocycles. The van der Waals surface area contributed by atoms with Crippen LogP contribution in [0.2, 0.25) is 0 Å². The maximum Gasteiger partial charge on any atom is 0.169 e. The standard InChI is InChI=1S/C9H11NOS/c1-7(11)9-5-8(6-12-9)3-2-4-10/h2-3,5-6H,4,10H2,1H3. The number of carbonyl (C=O) groups excluding carboxylic acids is 1. The van der Waals surface area contributed by atoms with Crippen LogP contribution in [-0.4, -0.2) is 12.3 Å². The normalized spacial score (nSPS) is 10.8. The van der Waals surface area contributed by atoms with Gasteiger partial charge in [-0.15, -0.1) is 11.3 Å². The van der Waals surface area contributed by atoms with Crippen LogP contribution in [0.1, 0.15) is 22.2 Å². The van der Waals surface area contributed by atoms with Crippen molar-refractivity contribution < 1.29 is 4.79 Å². The van der Waals surface area contributed by atoms with E-state index in [0.29, 0.717) is 6.54 Å². The van der Waals surface area contributed by atoms with Crippen LogP contribution >= 0.6 is 11.3 Å². The highest BCUT2D eigenvalue weighted by Gasteiger charge is 2.00. The molecule has 0 aliphatic heterocycles. The van der Waals surface area contributed by atoms with Crippen molar-refractivity contribution in [3.63, 3.8) is 0 Å². The Balaban J connectivity index is 2.77. The summed E-state index contributed by atoms with van der Waals surface area (Å²) >= 11 is 1.47. The van der Waals surface area contributed by atoms with E-state index >= 15 is 0 Å². The predicted molar refractivity (Wildman–Crippen MR) is 52.4 cm³/mol. The lowest BCUT2D eigenvalue weighted by Crippen LogP contribution is -1.91. The van der Waals surface area contributed by atoms with Gasteiger partial charge in [0.05, 0.1) is 4.88 Å². The molecule has 0 aliphatic carbocycles. The van der Waals surface area contributed by atoms with Crippen molar-refractivity contribution in [3.8, 4) is 0 Å². The first-order chi connectivity index (χ1) is 5.74. The van der Waals surface area contributed by atoms with Gasteiger partial charge < -0.3 is 5.73 Å². The molecule has 0 spiro atoms. The highest BCUT2D eigenvalue weighted by molar-refractivity contribution is 7.12. The minimum Gasteiger partial charge on any atom is -0.327 e. The molecule has 1 heterocycles. The Morgan fingerprint density at radius 2 is 2.50 bits per heavy atom. The Hall–Kier alpha value is -0.930. The Morgan fingerprint density at radius 3 is 3.00 bits per heavy atom. The number of Topliss-reactive ketones (excluding diaryl/α,β-unsaturated/α-hetero) is 1. The molecule has 0 saturated carbocycles. The summed E-state index contributed by atoms with van der Waals surface area (Å²) in [5.74, 6) is 0.118. The zero-order valence-electron chi connectivity index (χ0n) is 6.91. The Bertz CT molecular complexity index is 301. The van der Waals surface area contributed by atoms with Crippen molar-refractivity contribution in [2.24, 2.45) is 5.73 Å². The van der Waals surface area contributed by atoms with Crippen LogP contribution in [0.25, 0.3) is 6.08 Å². The Labute approximate surface area is 75.7 Å². The second kappa shape index (κ2) is 4.18. The zero-order valence-corrected chi connectivity index (χ0v) is 7.73. The van der Waals surface area contributed by atoms with Crippen molar-refractivity contribution in [2.75, 3.05) is 6.54 Å². The molecule has 1 rings (SSSR count). The third-order valence-corrected chi connectivity index (χ3v) is 2.46. The lowest BCUT2D eigenvalue weighted by molar-refractivity contribution is 0.102. The van der Waals surface area contributed by atoms with Gasteiger partial charge >= 0.3 is 0 Å². The molecule has 0 atom stereocenters. The molecule has 0 fully saturated rings. The summed E-state index contributed by atoms with van der Waals surface area (Å²) in [6.07, 6.45) is 3.79. The van der Waals surface area contributed by atoms with E-state index in [1.807, 2.05) is 23.6 Å². The molecule has 0 amide bonds. The first-order valence-electron chi connectivity index (χ1n) is 3.70. The molecule has 2 N–H and O–H groups in total. The van der Waals surface area contributed by atoms with Crippen LogP contribution < -0.4 is 5.73 Å². The first-order valence-corrected chi connectivity index (χ1v) is 4.58. The molecule has 12 heavy (non-hydrogen) atoms. The van der Waals surface area contributed by atoms with Gasteiger partial charge in [0.1, 0.15) is 0 Å². The average molecular weight is 181 g/mol. The van der Waals surface area contributed by atoms with Crippen LogP contribution in [-0.2, 0) is 0 Å². The summed E-state index contributed by atoms with van der Waals surface area (Å²) in [6, 6.07) is 1.87. The molecule has 0 aliphatic rings. The summed E-state index contributed by atoms with van der Waals surface area (Å²) in [5.41, 5.74) is 6.34. The second-order valence-corrected chi connectivity index (χ2v) is 3.35. The van der Waals surface area contributed by atoms with Gasteiger partial charge in [0.2, 0.25) is 0 Å². The zero-order chi connectivity index (χ0) is 8.97. The number of thiophene rings is 1. The summed E-state index contributed by atoms with van der Waals surface area (Å²) in [6.45, 7) is 2.10. The Morgan fingerprint density at radius 1 is 1.75 bits per heavy atom. The fourth-order valence-corrected chi connectivity index (χ4v) is 1.61. The number of nitrogens with two attached hydrogens (primary N) is 1. The highest BCUT2D eigenvalue weighted by atomic mass is 32.1. The van der Waals surface area contributed by atoms with Crippen molar-refractivity contribution in [3.05, 3.63) is 28.0 Å². The van der Waals surface area contributed by atoms with Gasteiger partial charge in [-0.1, -0.05) is 12.2 Å². The molecule has 2 nitrogen and oxygen atoms in total. The fourth-order valence-electron chi connectivity index (χ4n) is 0.827. The van der Waals surface area contributed by atoms with Gasteiger partial charge in [-0.2, -0.15) is 0 Å². The van der Waals surface area contributed by atoms with E-state index in [4.69, 9.17) is 5.73 Å². The van der Waals surface area contributed by atoms with Gasteiger partial charge in [-0.25, -0.2) is 0 Å². The lowest BCUT2D eigenvalue weighted by atomic mass is 10.2. The van der Waals surface area contributed by atoms with Crippen molar-refractivity contribution in [2.45, 2.75) is 6.92 Å². The smallest absolute Gasteiger partial charge is 0.169 e. The van der Waals surface area contributed by atoms with Gasteiger partial charge in [-0.3, -0.25) is 4.79 Å². The molecule has 1 aromatic rings. The monoisotopic (exact) mass is 181 g/mol. The van der Waals surface area contributed by atoms with Crippen LogP contribution in [0.15, 0.2) is 17.5 Å². The van der Waals surface area contributed by atoms with Gasteiger partial charge in [0.15, 0.2) is 5.78 Å². The number of hydrogen-bond acceptors (Lipinski definition) is 3. The van der Waals surface area contributed by atoms with Crippen molar-refractivity contribution in [1.29, 1.82) is 0 Å². The van der Waals surface area contributed by atoms with Gasteiger partial charge in [0.25, 0.3) is 0 Å². The number of hydrogen-bond donors (Lipinski definition) is 1. The summed E-state index contributed by atoms with van der Waals surface area (Å²) in [5, 5.41) is 1.95. The average Bonchev–Trinajstić information content (AvgIpc) is 2.48. The van der Waals surface area contributed by atoms with Crippen LogP contribution in [0.4, 0.5) is 0 Å². The van der Waals surface area contributed by atoms with E-state index in [-0.39, 0.29) is 5.78 Å². The van der Waals surface area contributed by atoms with Gasteiger partial charge in [0, 0.05) is 6.54 Å². The molecular weight excluding hydrogens is 170 g/mol. The molecular formula is C9H11NOS. The number of ketones is 1. The molecule has 0 radical (unpaired) electrons. The quantitative estimate of drug-likeness (QED) is 0.724. The minimum absolute atomic E-state index is 0.118. The van der Waals surface area contributed by atoms with E-state index in [2.05, 4.69) is 0 Å². The molecule has 64 valence electrons. The maximum absolute atomic E-state index is 10.9. The van der Waals surface area contributed by atoms with E-state index in [0.717, 1.165) is 10.4 Å². The number of carbonyl (C=O) groups is 1. The van der Waals surface area contributed by atoms with Crippen molar-refractivity contribution in [1.82, 2.24) is 0 Å². The van der Waals surface area contributed by atoms with Crippen molar-refractivity contribution >= 4 is 23.2 Å². The molecule has 0 unspecified atom stereocenters. The molecule has 0 bridgehead atoms. The predicted octanol–water partition coefficient (Wildman–Crippen LogP) is 1.92. The SMILES string of the molecule is CC(=O)c1cc(C=CCN)cs1. The van der Waals surface area contributed by atoms with Crippen LogP contribution in [0.5, 0.6) is 0 Å². The van der Waals surface area contributed by atoms with E-state index in [1.54, 1.807) is 6.92 Å². The maximum atomic E-state index is 10.9. The second-order valence-electron chi connectivity index (χ2n) is 2.44. The third-order valence-electron chi connectivity index (χ3n) is 1.41. The van der Waals surface area contributed by atoms with Crippen LogP contribution in [0.3, 0.4) is 0 Å². The third kappa shape index (κ3) is 2.29. The fraction of sp³-hybridized carbons (Fsp3) is 0.222. The molecule has 0 aromatic carbocycles. The van der Waals surface area contributed by atoms with Crippen LogP contribution in [0, 0.1) is 0 Å². The van der Waals surface area contributed by atoms with Gasteiger partial charge in [-0.05, 0) is 23.9 Å². The summed E-state index contributed by atoms with van der Waals surface area (Å²) in [7, 11) is 0. The first kappa shape index (κ1) is 9.16. The minimum atomic E-state index is 0.118. The summed E-state index contributed by atoms with van der Waals surface area (Å²) < 4.78 is 0. The number of rotatable bonds is 3. The van der Waals surface area contributed by atoms with E-state index < -0.39 is 0 Å². The lowest BCUT2D eigenvalue weighted by Gasteiger charge is -1.83. The molecule has 3 heteroatoms.